The molecule has 1 aliphatic heterocycles. The van der Waals surface area contributed by atoms with Crippen LogP contribution in [0.2, 0.25) is 0 Å². The van der Waals surface area contributed by atoms with E-state index in [2.05, 4.69) is 0 Å². The van der Waals surface area contributed by atoms with Crippen LogP contribution in [0.3, 0.4) is 0 Å². The molecular weight excluding hydrogens is 262 g/mol. The van der Waals surface area contributed by atoms with E-state index in [9.17, 15) is 13.2 Å². The molecule has 5 heteroatoms. The lowest BCUT2D eigenvalue weighted by molar-refractivity contribution is -0.118. The van der Waals surface area contributed by atoms with Crippen molar-refractivity contribution in [2.75, 3.05) is 23.7 Å². The van der Waals surface area contributed by atoms with Crippen LogP contribution in [0.5, 0.6) is 0 Å². The maximum Gasteiger partial charge on any atom is 0.178 e. The van der Waals surface area contributed by atoms with E-state index in [1.165, 1.54) is 0 Å². The van der Waals surface area contributed by atoms with E-state index in [0.717, 1.165) is 18.7 Å². The Hall–Kier alpha value is -1.36. The second-order valence-corrected chi connectivity index (χ2v) is 6.99. The van der Waals surface area contributed by atoms with Crippen molar-refractivity contribution in [2.45, 2.75) is 31.1 Å². The minimum atomic E-state index is -3.15. The van der Waals surface area contributed by atoms with Crippen molar-refractivity contribution in [3.8, 4) is 0 Å². The van der Waals surface area contributed by atoms with Gasteiger partial charge in [0.05, 0.1) is 17.2 Å². The van der Waals surface area contributed by atoms with Gasteiger partial charge in [-0.05, 0) is 37.1 Å². The van der Waals surface area contributed by atoms with E-state index in [0.29, 0.717) is 24.3 Å². The van der Waals surface area contributed by atoms with Gasteiger partial charge in [-0.2, -0.15) is 0 Å². The number of nitrogens with zero attached hydrogens (tertiary/aromatic N) is 1. The first-order valence-electron chi connectivity index (χ1n) is 6.62. The zero-order chi connectivity index (χ0) is 13.9. The van der Waals surface area contributed by atoms with E-state index in [4.69, 9.17) is 0 Å². The smallest absolute Gasteiger partial charge is 0.178 e. The van der Waals surface area contributed by atoms with Gasteiger partial charge in [0, 0.05) is 18.7 Å². The van der Waals surface area contributed by atoms with E-state index in [1.807, 2.05) is 11.8 Å². The Kier molecular flexibility index (Phi) is 4.24. The van der Waals surface area contributed by atoms with Gasteiger partial charge in [-0.3, -0.25) is 4.79 Å². The largest absolute Gasteiger partial charge is 0.364 e. The van der Waals surface area contributed by atoms with Crippen LogP contribution in [0.15, 0.2) is 29.2 Å². The molecule has 0 amide bonds. The number of carbonyl (C=O) groups excluding carboxylic acids is 1. The number of benzene rings is 1. The van der Waals surface area contributed by atoms with E-state index in [1.54, 1.807) is 24.3 Å². The second-order valence-electron chi connectivity index (χ2n) is 4.88. The molecule has 0 N–H and O–H groups in total. The molecular formula is C14H19NO3S. The molecule has 104 valence electrons. The van der Waals surface area contributed by atoms with Crippen LogP contribution in [-0.4, -0.2) is 33.0 Å². The fraction of sp³-hybridized carbons (Fsp3) is 0.500. The van der Waals surface area contributed by atoms with Crippen molar-refractivity contribution in [2.24, 2.45) is 0 Å². The molecule has 1 aliphatic rings. The molecule has 0 radical (unpaired) electrons. The lowest BCUT2D eigenvalue weighted by atomic mass is 10.1. The van der Waals surface area contributed by atoms with Crippen LogP contribution in [0.4, 0.5) is 5.69 Å². The number of anilines is 1. The quantitative estimate of drug-likeness (QED) is 0.847. The van der Waals surface area contributed by atoms with Crippen LogP contribution in [0.25, 0.3) is 0 Å². The van der Waals surface area contributed by atoms with Crippen molar-refractivity contribution in [1.29, 1.82) is 0 Å². The highest BCUT2D eigenvalue weighted by Crippen LogP contribution is 2.21. The number of piperidine rings is 1. The van der Waals surface area contributed by atoms with Crippen LogP contribution < -0.4 is 4.90 Å². The Labute approximate surface area is 114 Å². The average molecular weight is 281 g/mol. The lowest BCUT2D eigenvalue weighted by Gasteiger charge is -2.27. The first kappa shape index (κ1) is 14.1. The summed E-state index contributed by atoms with van der Waals surface area (Å²) in [6, 6.07) is 6.86. The van der Waals surface area contributed by atoms with Crippen LogP contribution in [-0.2, 0) is 14.6 Å². The molecule has 0 unspecified atom stereocenters. The minimum Gasteiger partial charge on any atom is -0.364 e. The van der Waals surface area contributed by atoms with Gasteiger partial charge >= 0.3 is 0 Å². The Morgan fingerprint density at radius 3 is 2.47 bits per heavy atom. The van der Waals surface area contributed by atoms with Gasteiger partial charge < -0.3 is 4.90 Å². The highest BCUT2D eigenvalue weighted by atomic mass is 32.2. The van der Waals surface area contributed by atoms with Gasteiger partial charge in [0.25, 0.3) is 0 Å². The van der Waals surface area contributed by atoms with Gasteiger partial charge in [0.1, 0.15) is 0 Å². The molecule has 1 saturated heterocycles. The van der Waals surface area contributed by atoms with Gasteiger partial charge in [-0.1, -0.05) is 6.92 Å². The summed E-state index contributed by atoms with van der Waals surface area (Å²) in [4.78, 5) is 13.8. The third-order valence-electron chi connectivity index (χ3n) is 3.28. The van der Waals surface area contributed by atoms with Crippen LogP contribution >= 0.6 is 0 Å². The van der Waals surface area contributed by atoms with E-state index < -0.39 is 9.84 Å². The molecule has 0 saturated carbocycles. The summed E-state index contributed by atoms with van der Waals surface area (Å²) in [6.07, 6.45) is 2.14. The normalized spacial score (nSPS) is 16.7. The number of carbonyl (C=O) groups is 1. The highest BCUT2D eigenvalue weighted by Gasteiger charge is 2.18. The summed E-state index contributed by atoms with van der Waals surface area (Å²) in [5, 5.41) is 0. The minimum absolute atomic E-state index is 0.175. The molecule has 19 heavy (non-hydrogen) atoms. The first-order valence-corrected chi connectivity index (χ1v) is 8.27. The van der Waals surface area contributed by atoms with Crippen molar-refractivity contribution in [3.63, 3.8) is 0 Å². The standard InChI is InChI=1S/C14H19NO3S/c1-2-10-19(17,18)14-7-5-12(6-8-14)15-9-3-4-13(16)11-15/h5-8H,2-4,9-11H2,1H3. The Bertz CT molecular complexity index is 549. The van der Waals surface area contributed by atoms with Crippen molar-refractivity contribution >= 4 is 21.3 Å². The molecule has 0 aliphatic carbocycles. The van der Waals surface area contributed by atoms with E-state index >= 15 is 0 Å². The summed E-state index contributed by atoms with van der Waals surface area (Å²) >= 11 is 0. The van der Waals surface area contributed by atoms with Crippen molar-refractivity contribution in [1.82, 2.24) is 0 Å². The fourth-order valence-electron chi connectivity index (χ4n) is 2.31. The predicted molar refractivity (Wildman–Crippen MR) is 75.2 cm³/mol. The molecule has 0 atom stereocenters. The number of rotatable bonds is 4. The third-order valence-corrected chi connectivity index (χ3v) is 5.22. The molecule has 1 aromatic carbocycles. The number of sulfone groups is 1. The molecule has 1 aromatic rings. The molecule has 4 nitrogen and oxygen atoms in total. The SMILES string of the molecule is CCCS(=O)(=O)c1ccc(N2CCCC(=O)C2)cc1. The zero-order valence-electron chi connectivity index (χ0n) is 11.1. The van der Waals surface area contributed by atoms with Gasteiger partial charge in [-0.15, -0.1) is 0 Å². The zero-order valence-corrected chi connectivity index (χ0v) is 11.9. The van der Waals surface area contributed by atoms with Gasteiger partial charge in [0.15, 0.2) is 15.6 Å². The highest BCUT2D eigenvalue weighted by molar-refractivity contribution is 7.91. The maximum absolute atomic E-state index is 11.9. The van der Waals surface area contributed by atoms with Gasteiger partial charge in [-0.25, -0.2) is 8.42 Å². The van der Waals surface area contributed by atoms with E-state index in [-0.39, 0.29) is 11.5 Å². The Morgan fingerprint density at radius 2 is 1.89 bits per heavy atom. The number of hydrogen-bond donors (Lipinski definition) is 0. The lowest BCUT2D eigenvalue weighted by Crippen LogP contribution is -2.35. The fourth-order valence-corrected chi connectivity index (χ4v) is 3.63. The summed E-state index contributed by atoms with van der Waals surface area (Å²) < 4.78 is 23.8. The van der Waals surface area contributed by atoms with Crippen LogP contribution in [0.1, 0.15) is 26.2 Å². The summed E-state index contributed by atoms with van der Waals surface area (Å²) in [6.45, 7) is 3.14. The third kappa shape index (κ3) is 3.35. The first-order chi connectivity index (χ1) is 9.03. The number of Topliss-reactive ketones (excluding diaryl/α,β-unsaturated/α-hetero) is 1. The monoisotopic (exact) mass is 281 g/mol. The molecule has 0 spiro atoms. The topological polar surface area (TPSA) is 54.5 Å². The number of hydrogen-bond acceptors (Lipinski definition) is 4. The second kappa shape index (κ2) is 5.74. The Morgan fingerprint density at radius 1 is 1.21 bits per heavy atom. The molecule has 1 fully saturated rings. The van der Waals surface area contributed by atoms with Crippen molar-refractivity contribution in [3.05, 3.63) is 24.3 Å². The number of ketones is 1. The average Bonchev–Trinajstić information content (AvgIpc) is 2.39. The molecule has 0 bridgehead atoms. The molecule has 0 aromatic heterocycles. The van der Waals surface area contributed by atoms with Gasteiger partial charge in [0.2, 0.25) is 0 Å². The Balaban J connectivity index is 2.16. The molecule has 2 rings (SSSR count). The summed E-state index contributed by atoms with van der Waals surface area (Å²) in [5.74, 6) is 0.420. The predicted octanol–water partition coefficient (Wildman–Crippen LogP) is 2.04. The summed E-state index contributed by atoms with van der Waals surface area (Å²) in [7, 11) is -3.15. The summed E-state index contributed by atoms with van der Waals surface area (Å²) in [5.41, 5.74) is 0.920. The van der Waals surface area contributed by atoms with Crippen molar-refractivity contribution < 1.29 is 13.2 Å². The maximum atomic E-state index is 11.9. The molecule has 1 heterocycles. The van der Waals surface area contributed by atoms with Crippen LogP contribution in [0, 0.1) is 0 Å².